The molecule has 1 aliphatic rings. The second kappa shape index (κ2) is 11.2. The van der Waals surface area contributed by atoms with Gasteiger partial charge in [-0.3, -0.25) is 0 Å². The average Bonchev–Trinajstić information content (AvgIpc) is 3.41. The fraction of sp³-hybridized carbons (Fsp3) is 0.194. The van der Waals surface area contributed by atoms with Gasteiger partial charge in [0.15, 0.2) is 0 Å². The summed E-state index contributed by atoms with van der Waals surface area (Å²) in [6.45, 7) is 8.45. The molecule has 0 atom stereocenters. The van der Waals surface area contributed by atoms with Crippen molar-refractivity contribution in [2.24, 2.45) is 0 Å². The molecule has 0 unspecified atom stereocenters. The number of carbonyl (C=O) groups is 1. The summed E-state index contributed by atoms with van der Waals surface area (Å²) >= 11 is 1.51. The van der Waals surface area contributed by atoms with E-state index >= 15 is 0 Å². The van der Waals surface area contributed by atoms with Gasteiger partial charge in [0.1, 0.15) is 29.7 Å². The Hall–Kier alpha value is -4.62. The van der Waals surface area contributed by atoms with Crippen molar-refractivity contribution in [2.75, 3.05) is 12.4 Å². The first-order chi connectivity index (χ1) is 20.6. The van der Waals surface area contributed by atoms with Crippen LogP contribution < -0.4 is 19.5 Å². The molecule has 0 saturated carbocycles. The molecule has 1 N–H and O–H groups in total. The molecule has 5 nitrogen and oxygen atoms in total. The van der Waals surface area contributed by atoms with E-state index in [0.29, 0.717) is 22.8 Å². The number of aryl methyl sites for hydroxylation is 1. The zero-order chi connectivity index (χ0) is 30.3. The third kappa shape index (κ3) is 5.60. The zero-order valence-corrected chi connectivity index (χ0v) is 25.5. The number of esters is 1. The molecule has 1 aliphatic heterocycles. The van der Waals surface area contributed by atoms with Crippen LogP contribution in [-0.4, -0.2) is 18.6 Å². The van der Waals surface area contributed by atoms with Crippen LogP contribution in [0.3, 0.4) is 0 Å². The van der Waals surface area contributed by atoms with Crippen LogP contribution in [0.1, 0.15) is 47.8 Å². The lowest BCUT2D eigenvalue weighted by Crippen LogP contribution is -2.32. The quantitative estimate of drug-likeness (QED) is 0.150. The Bertz CT molecular complexity index is 1910. The predicted octanol–water partition coefficient (Wildman–Crippen LogP) is 9.43. The number of hydrogen-bond donors (Lipinski definition) is 1. The normalized spacial score (nSPS) is 13.6. The van der Waals surface area contributed by atoms with Gasteiger partial charge in [0, 0.05) is 50.0 Å². The molecular weight excluding hydrogens is 561 g/mol. The van der Waals surface area contributed by atoms with Gasteiger partial charge in [0.25, 0.3) is 0 Å². The van der Waals surface area contributed by atoms with Gasteiger partial charge < -0.3 is 19.5 Å². The monoisotopic (exact) mass is 593 g/mol. The van der Waals surface area contributed by atoms with Gasteiger partial charge in [-0.2, -0.15) is 0 Å². The molecule has 43 heavy (non-hydrogen) atoms. The minimum Gasteiger partial charge on any atom is -0.496 e. The smallest absolute Gasteiger partial charge is 0.345 e. The van der Waals surface area contributed by atoms with Crippen LogP contribution in [-0.2, 0) is 6.61 Å². The number of allylic oxidation sites excluding steroid dienone is 1. The molecule has 7 heteroatoms. The number of benzene rings is 4. The second-order valence-corrected chi connectivity index (χ2v) is 12.2. The van der Waals surface area contributed by atoms with E-state index in [9.17, 15) is 9.18 Å². The van der Waals surface area contributed by atoms with E-state index in [0.717, 1.165) is 49.2 Å². The summed E-state index contributed by atoms with van der Waals surface area (Å²) in [5, 5.41) is 6.30. The summed E-state index contributed by atoms with van der Waals surface area (Å²) in [4.78, 5) is 13.1. The number of nitrogens with one attached hydrogen (secondary N) is 1. The van der Waals surface area contributed by atoms with Crippen LogP contribution in [0.15, 0.2) is 84.3 Å². The average molecular weight is 594 g/mol. The van der Waals surface area contributed by atoms with E-state index in [4.69, 9.17) is 14.2 Å². The molecule has 0 aliphatic carbocycles. The third-order valence-electron chi connectivity index (χ3n) is 7.64. The number of rotatable bonds is 7. The number of methoxy groups -OCH3 is 1. The van der Waals surface area contributed by atoms with Crippen LogP contribution in [0, 0.1) is 12.7 Å². The van der Waals surface area contributed by atoms with Gasteiger partial charge in [-0.1, -0.05) is 36.4 Å². The number of thiophene rings is 1. The first-order valence-electron chi connectivity index (χ1n) is 14.0. The lowest BCUT2D eigenvalue weighted by atomic mass is 9.85. The Labute approximate surface area is 254 Å². The number of hydrogen-bond acceptors (Lipinski definition) is 6. The van der Waals surface area contributed by atoms with Crippen molar-refractivity contribution in [3.63, 3.8) is 0 Å². The summed E-state index contributed by atoms with van der Waals surface area (Å²) in [6.07, 6.45) is 2.20. The van der Waals surface area contributed by atoms with Crippen molar-refractivity contribution in [1.29, 1.82) is 0 Å². The first kappa shape index (κ1) is 28.5. The fourth-order valence-corrected chi connectivity index (χ4v) is 6.67. The summed E-state index contributed by atoms with van der Waals surface area (Å²) in [6, 6.07) is 21.8. The van der Waals surface area contributed by atoms with Gasteiger partial charge >= 0.3 is 5.97 Å². The Morgan fingerprint density at radius 3 is 2.56 bits per heavy atom. The number of fused-ring (bicyclic) bond motifs is 2. The maximum atomic E-state index is 14.1. The van der Waals surface area contributed by atoms with E-state index in [1.807, 2.05) is 48.7 Å². The van der Waals surface area contributed by atoms with Crippen LogP contribution >= 0.6 is 11.3 Å². The summed E-state index contributed by atoms with van der Waals surface area (Å²) < 4.78 is 33.0. The van der Waals surface area contributed by atoms with Crippen molar-refractivity contribution in [3.8, 4) is 28.4 Å². The topological polar surface area (TPSA) is 56.8 Å². The highest BCUT2D eigenvalue weighted by atomic mass is 32.1. The molecule has 0 fully saturated rings. The van der Waals surface area contributed by atoms with Gasteiger partial charge in [-0.05, 0) is 74.7 Å². The van der Waals surface area contributed by atoms with E-state index in [2.05, 4.69) is 38.2 Å². The summed E-state index contributed by atoms with van der Waals surface area (Å²) in [5.41, 5.74) is 6.97. The lowest BCUT2D eigenvalue weighted by Gasteiger charge is -2.33. The maximum absolute atomic E-state index is 14.1. The molecule has 1 aromatic heterocycles. The van der Waals surface area contributed by atoms with E-state index in [1.54, 1.807) is 25.3 Å². The highest BCUT2D eigenvalue weighted by molar-refractivity contribution is 7.17. The Morgan fingerprint density at radius 2 is 1.74 bits per heavy atom. The van der Waals surface area contributed by atoms with Crippen molar-refractivity contribution in [1.82, 2.24) is 0 Å². The van der Waals surface area contributed by atoms with Crippen LogP contribution in [0.4, 0.5) is 10.1 Å². The van der Waals surface area contributed by atoms with Crippen LogP contribution in [0.5, 0.6) is 17.2 Å². The standard InChI is InChI=1S/C36H32FNO4S/c1-21-10-11-23(37)16-31(21)41-19-28-25(14-15-30-34(28)22(2)18-36(3,4)38-30)26-13-12-24(17-32(26)40-5)42-35(39)29-20-43-33-9-7-6-8-27(29)33/h6-18,20,38H,19H2,1-5H3. The molecule has 0 spiro atoms. The predicted molar refractivity (Wildman–Crippen MR) is 172 cm³/mol. The Balaban J connectivity index is 1.39. The van der Waals surface area contributed by atoms with Gasteiger partial charge in [0.2, 0.25) is 0 Å². The second-order valence-electron chi connectivity index (χ2n) is 11.3. The summed E-state index contributed by atoms with van der Waals surface area (Å²) in [7, 11) is 1.59. The zero-order valence-electron chi connectivity index (χ0n) is 24.7. The Kier molecular flexibility index (Phi) is 7.44. The van der Waals surface area contributed by atoms with Crippen molar-refractivity contribution < 1.29 is 23.4 Å². The Morgan fingerprint density at radius 1 is 0.953 bits per heavy atom. The molecule has 4 aromatic carbocycles. The van der Waals surface area contributed by atoms with E-state index in [1.165, 1.54) is 23.5 Å². The molecule has 0 bridgehead atoms. The van der Waals surface area contributed by atoms with Crippen molar-refractivity contribution in [3.05, 3.63) is 112 Å². The highest BCUT2D eigenvalue weighted by Gasteiger charge is 2.27. The highest BCUT2D eigenvalue weighted by Crippen LogP contribution is 2.44. The molecular formula is C36H32FNO4S. The molecule has 218 valence electrons. The summed E-state index contributed by atoms with van der Waals surface area (Å²) in [5.74, 6) is 0.651. The van der Waals surface area contributed by atoms with Gasteiger partial charge in [-0.25, -0.2) is 9.18 Å². The fourth-order valence-electron chi connectivity index (χ4n) is 5.74. The molecule has 0 saturated heterocycles. The first-order valence-corrected chi connectivity index (χ1v) is 14.9. The van der Waals surface area contributed by atoms with Gasteiger partial charge in [-0.15, -0.1) is 11.3 Å². The van der Waals surface area contributed by atoms with E-state index in [-0.39, 0.29) is 18.0 Å². The molecule has 5 aromatic rings. The third-order valence-corrected chi connectivity index (χ3v) is 8.60. The molecule has 0 amide bonds. The van der Waals surface area contributed by atoms with Crippen molar-refractivity contribution >= 4 is 38.7 Å². The number of halogens is 1. The molecule has 2 heterocycles. The minimum atomic E-state index is -0.421. The maximum Gasteiger partial charge on any atom is 0.345 e. The van der Waals surface area contributed by atoms with Crippen molar-refractivity contribution in [2.45, 2.75) is 39.8 Å². The number of carbonyl (C=O) groups excluding carboxylic acids is 1. The minimum absolute atomic E-state index is 0.210. The SMILES string of the molecule is COc1cc(OC(=O)c2csc3ccccc23)ccc1-c1ccc2c(c1COc1cc(F)ccc1C)C(C)=CC(C)(C)N2. The van der Waals surface area contributed by atoms with E-state index < -0.39 is 5.97 Å². The van der Waals surface area contributed by atoms with Crippen LogP contribution in [0.25, 0.3) is 26.8 Å². The number of ether oxygens (including phenoxy) is 3. The molecule has 6 rings (SSSR count). The lowest BCUT2D eigenvalue weighted by molar-refractivity contribution is 0.0737. The largest absolute Gasteiger partial charge is 0.496 e. The van der Waals surface area contributed by atoms with Gasteiger partial charge in [0.05, 0.1) is 18.2 Å². The van der Waals surface area contributed by atoms with Crippen LogP contribution in [0.2, 0.25) is 0 Å². The number of anilines is 1. The molecule has 0 radical (unpaired) electrons.